The molecule has 0 aromatic rings. The maximum atomic E-state index is 12.8. The smallest absolute Gasteiger partial charge is 0.325 e. The van der Waals surface area contributed by atoms with E-state index in [9.17, 15) is 28.8 Å². The molecule has 188 valence electrons. The lowest BCUT2D eigenvalue weighted by molar-refractivity contribution is -0.142. The molecule has 14 nitrogen and oxygen atoms in total. The lowest BCUT2D eigenvalue weighted by Gasteiger charge is -2.24. The van der Waals surface area contributed by atoms with Crippen molar-refractivity contribution in [2.24, 2.45) is 17.2 Å². The lowest BCUT2D eigenvalue weighted by Crippen LogP contribution is -2.57. The highest BCUT2D eigenvalue weighted by Gasteiger charge is 2.29. The minimum absolute atomic E-state index is 0.193. The molecule has 0 spiro atoms. The third-order valence-electron chi connectivity index (χ3n) is 4.63. The highest BCUT2D eigenvalue weighted by Crippen LogP contribution is 2.05. The second-order valence-corrected chi connectivity index (χ2v) is 7.52. The predicted molar refractivity (Wildman–Crippen MR) is 115 cm³/mol. The number of unbranched alkanes of at least 4 members (excludes halogenated alkanes) is 1. The van der Waals surface area contributed by atoms with Gasteiger partial charge in [0.15, 0.2) is 0 Å². The average Bonchev–Trinajstić information content (AvgIpc) is 2.73. The lowest BCUT2D eigenvalue weighted by atomic mass is 10.1. The van der Waals surface area contributed by atoms with E-state index in [2.05, 4.69) is 16.0 Å². The van der Waals surface area contributed by atoms with Gasteiger partial charge in [0, 0.05) is 12.8 Å². The molecule has 0 aromatic carbocycles. The minimum Gasteiger partial charge on any atom is -0.481 e. The highest BCUT2D eigenvalue weighted by molar-refractivity contribution is 5.94. The van der Waals surface area contributed by atoms with Crippen molar-refractivity contribution < 1.29 is 39.0 Å². The number of hydrogen-bond donors (Lipinski definition) is 8. The van der Waals surface area contributed by atoms with Crippen LogP contribution in [0, 0.1) is 0 Å². The largest absolute Gasteiger partial charge is 0.481 e. The summed E-state index contributed by atoms with van der Waals surface area (Å²) in [6, 6.07) is -4.93. The summed E-state index contributed by atoms with van der Waals surface area (Å²) in [7, 11) is 0. The monoisotopic (exact) mass is 474 g/mol. The summed E-state index contributed by atoms with van der Waals surface area (Å²) >= 11 is 0. The van der Waals surface area contributed by atoms with Crippen LogP contribution in [0.25, 0.3) is 0 Å². The fourth-order valence-corrected chi connectivity index (χ4v) is 2.66. The zero-order valence-corrected chi connectivity index (χ0v) is 18.5. The highest BCUT2D eigenvalue weighted by atomic mass is 16.4. The molecule has 33 heavy (non-hydrogen) atoms. The summed E-state index contributed by atoms with van der Waals surface area (Å²) in [4.78, 5) is 70.6. The van der Waals surface area contributed by atoms with Crippen LogP contribution < -0.4 is 33.2 Å². The molecule has 0 saturated heterocycles. The Balaban J connectivity index is 5.39. The molecule has 0 rings (SSSR count). The second-order valence-electron chi connectivity index (χ2n) is 7.52. The second kappa shape index (κ2) is 15.5. The molecular formula is C19H34N6O8. The van der Waals surface area contributed by atoms with Gasteiger partial charge in [-0.1, -0.05) is 6.42 Å². The molecule has 14 heteroatoms. The Kier molecular flexibility index (Phi) is 14.0. The van der Waals surface area contributed by atoms with Crippen LogP contribution in [0.3, 0.4) is 0 Å². The first kappa shape index (κ1) is 29.7. The normalized spacial score (nSPS) is 14.3. The number of nitrogens with two attached hydrogens (primary N) is 3. The molecule has 4 atom stereocenters. The van der Waals surface area contributed by atoms with E-state index in [-0.39, 0.29) is 19.3 Å². The number of aliphatic carboxylic acids is 2. The molecule has 0 radical (unpaired) electrons. The maximum Gasteiger partial charge on any atom is 0.325 e. The van der Waals surface area contributed by atoms with Gasteiger partial charge in [-0.3, -0.25) is 28.8 Å². The van der Waals surface area contributed by atoms with Crippen LogP contribution >= 0.6 is 0 Å². The molecule has 11 N–H and O–H groups in total. The number of rotatable bonds is 17. The van der Waals surface area contributed by atoms with Crippen LogP contribution in [0.15, 0.2) is 0 Å². The number of carboxylic acids is 2. The molecule has 0 aromatic heterocycles. The maximum absolute atomic E-state index is 12.8. The molecular weight excluding hydrogens is 440 g/mol. The Bertz CT molecular complexity index is 716. The summed E-state index contributed by atoms with van der Waals surface area (Å²) < 4.78 is 0. The van der Waals surface area contributed by atoms with Crippen LogP contribution in [-0.4, -0.2) is 76.5 Å². The van der Waals surface area contributed by atoms with Crippen LogP contribution in [0.5, 0.6) is 0 Å². The van der Waals surface area contributed by atoms with Crippen molar-refractivity contribution >= 4 is 35.6 Å². The quantitative estimate of drug-likeness (QED) is 0.0999. The first-order chi connectivity index (χ1) is 15.4. The van der Waals surface area contributed by atoms with Crippen molar-refractivity contribution in [3.05, 3.63) is 0 Å². The van der Waals surface area contributed by atoms with Crippen molar-refractivity contribution in [1.82, 2.24) is 16.0 Å². The molecule has 0 saturated carbocycles. The zero-order chi connectivity index (χ0) is 25.6. The van der Waals surface area contributed by atoms with Crippen molar-refractivity contribution in [2.75, 3.05) is 6.54 Å². The van der Waals surface area contributed by atoms with E-state index in [1.54, 1.807) is 0 Å². The first-order valence-electron chi connectivity index (χ1n) is 10.5. The summed E-state index contributed by atoms with van der Waals surface area (Å²) in [6.07, 6.45) is 0.260. The Morgan fingerprint density at radius 1 is 0.788 bits per heavy atom. The molecule has 0 aliphatic heterocycles. The minimum atomic E-state index is -1.40. The molecule has 0 heterocycles. The summed E-state index contributed by atoms with van der Waals surface area (Å²) in [5.41, 5.74) is 16.3. The van der Waals surface area contributed by atoms with Crippen molar-refractivity contribution in [3.63, 3.8) is 0 Å². The Morgan fingerprint density at radius 2 is 1.30 bits per heavy atom. The van der Waals surface area contributed by atoms with Gasteiger partial charge < -0.3 is 43.4 Å². The van der Waals surface area contributed by atoms with E-state index in [1.165, 1.54) is 6.92 Å². The van der Waals surface area contributed by atoms with E-state index in [0.29, 0.717) is 25.8 Å². The van der Waals surface area contributed by atoms with Crippen LogP contribution in [0.4, 0.5) is 0 Å². The number of amides is 4. The van der Waals surface area contributed by atoms with E-state index >= 15 is 0 Å². The molecule has 0 bridgehead atoms. The van der Waals surface area contributed by atoms with Crippen molar-refractivity contribution in [1.29, 1.82) is 0 Å². The van der Waals surface area contributed by atoms with Gasteiger partial charge in [0.1, 0.15) is 18.1 Å². The summed E-state index contributed by atoms with van der Waals surface area (Å²) in [5.74, 6) is -5.77. The molecule has 0 aliphatic rings. The standard InChI is InChI=1S/C19H34N6O8/c1-10(19(32)33)23-17(30)13(6-8-15(27)28)25-18(31)12(5-7-14(22)26)24-16(29)11(21)4-2-3-9-20/h10-13H,2-9,20-21H2,1H3,(H2,22,26)(H,23,30)(H,24,29)(H,25,31)(H,27,28)(H,32,33). The number of carbonyl (C=O) groups excluding carboxylic acids is 4. The molecule has 4 amide bonds. The van der Waals surface area contributed by atoms with E-state index in [1.807, 2.05) is 0 Å². The predicted octanol–water partition coefficient (Wildman–Crippen LogP) is -2.87. The Labute approximate surface area is 191 Å². The third-order valence-corrected chi connectivity index (χ3v) is 4.63. The van der Waals surface area contributed by atoms with Gasteiger partial charge in [0.05, 0.1) is 6.04 Å². The van der Waals surface area contributed by atoms with Gasteiger partial charge in [0.25, 0.3) is 0 Å². The number of hydrogen-bond acceptors (Lipinski definition) is 8. The number of carboxylic acid groups (broad SMARTS) is 2. The van der Waals surface area contributed by atoms with E-state index in [0.717, 1.165) is 0 Å². The number of carbonyl (C=O) groups is 6. The topological polar surface area (TPSA) is 257 Å². The number of primary amides is 1. The Morgan fingerprint density at radius 3 is 1.79 bits per heavy atom. The third kappa shape index (κ3) is 13.0. The van der Waals surface area contributed by atoms with Gasteiger partial charge in [-0.15, -0.1) is 0 Å². The van der Waals surface area contributed by atoms with Crippen molar-refractivity contribution in [3.8, 4) is 0 Å². The summed E-state index contributed by atoms with van der Waals surface area (Å²) in [5, 5.41) is 24.7. The molecule has 0 aliphatic carbocycles. The first-order valence-corrected chi connectivity index (χ1v) is 10.5. The van der Waals surface area contributed by atoms with Gasteiger partial charge in [-0.25, -0.2) is 0 Å². The molecule has 4 unspecified atom stereocenters. The van der Waals surface area contributed by atoms with Crippen LogP contribution in [0.1, 0.15) is 51.9 Å². The summed E-state index contributed by atoms with van der Waals surface area (Å²) in [6.45, 7) is 1.62. The van der Waals surface area contributed by atoms with Gasteiger partial charge >= 0.3 is 11.9 Å². The fraction of sp³-hybridized carbons (Fsp3) is 0.684. The van der Waals surface area contributed by atoms with Crippen molar-refractivity contribution in [2.45, 2.75) is 76.0 Å². The van der Waals surface area contributed by atoms with Gasteiger partial charge in [-0.2, -0.15) is 0 Å². The zero-order valence-electron chi connectivity index (χ0n) is 18.5. The van der Waals surface area contributed by atoms with E-state index in [4.69, 9.17) is 27.4 Å². The van der Waals surface area contributed by atoms with Crippen LogP contribution in [-0.2, 0) is 28.8 Å². The van der Waals surface area contributed by atoms with E-state index < -0.39 is 66.2 Å². The fourth-order valence-electron chi connectivity index (χ4n) is 2.66. The molecule has 0 fully saturated rings. The Hall–Kier alpha value is -3.26. The van der Waals surface area contributed by atoms with Crippen LogP contribution in [0.2, 0.25) is 0 Å². The van der Waals surface area contributed by atoms with Gasteiger partial charge in [0.2, 0.25) is 23.6 Å². The van der Waals surface area contributed by atoms with Gasteiger partial charge in [-0.05, 0) is 39.2 Å². The SMILES string of the molecule is CC(NC(=O)C(CCC(=O)O)NC(=O)C(CCC(N)=O)NC(=O)C(N)CCCCN)C(=O)O. The number of nitrogens with one attached hydrogen (secondary N) is 3. The average molecular weight is 475 g/mol.